The van der Waals surface area contributed by atoms with Gasteiger partial charge in [-0.1, -0.05) is 12.0 Å². The second-order valence-corrected chi connectivity index (χ2v) is 4.12. The van der Waals surface area contributed by atoms with E-state index >= 15 is 0 Å². The lowest BCUT2D eigenvalue weighted by atomic mass is 10.2. The number of anilines is 1. The number of aryl methyl sites for hydroxylation is 2. The van der Waals surface area contributed by atoms with Gasteiger partial charge in [-0.05, 0) is 25.0 Å². The van der Waals surface area contributed by atoms with Gasteiger partial charge in [0.05, 0.1) is 11.3 Å². The molecule has 0 aliphatic rings. The van der Waals surface area contributed by atoms with Crippen molar-refractivity contribution < 1.29 is 9.90 Å². The maximum Gasteiger partial charge on any atom is 0.260 e. The Balaban J connectivity index is 2.17. The summed E-state index contributed by atoms with van der Waals surface area (Å²) in [6, 6.07) is 5.11. The van der Waals surface area contributed by atoms with Crippen molar-refractivity contribution in [2.75, 3.05) is 11.9 Å². The van der Waals surface area contributed by atoms with E-state index in [9.17, 15) is 4.79 Å². The Morgan fingerprint density at radius 1 is 1.50 bits per heavy atom. The highest BCUT2D eigenvalue weighted by Gasteiger charge is 2.13. The monoisotopic (exact) mass is 270 g/mol. The molecule has 2 heterocycles. The largest absolute Gasteiger partial charge is 0.384 e. The Kier molecular flexibility index (Phi) is 4.13. The van der Waals surface area contributed by atoms with E-state index in [-0.39, 0.29) is 12.5 Å². The number of amides is 1. The van der Waals surface area contributed by atoms with E-state index in [1.54, 1.807) is 43.0 Å². The van der Waals surface area contributed by atoms with Crippen LogP contribution in [0.2, 0.25) is 0 Å². The van der Waals surface area contributed by atoms with Gasteiger partial charge in [0.25, 0.3) is 5.91 Å². The molecule has 1 amide bonds. The first kappa shape index (κ1) is 13.8. The zero-order valence-corrected chi connectivity index (χ0v) is 11.2. The van der Waals surface area contributed by atoms with Crippen LogP contribution < -0.4 is 5.32 Å². The van der Waals surface area contributed by atoms with E-state index in [0.29, 0.717) is 22.8 Å². The normalized spacial score (nSPS) is 9.75. The first-order valence-electron chi connectivity index (χ1n) is 5.98. The molecule has 2 rings (SSSR count). The van der Waals surface area contributed by atoms with Gasteiger partial charge in [-0.15, -0.1) is 0 Å². The van der Waals surface area contributed by atoms with E-state index < -0.39 is 0 Å². The van der Waals surface area contributed by atoms with Crippen LogP contribution in [-0.2, 0) is 7.05 Å². The summed E-state index contributed by atoms with van der Waals surface area (Å²) in [4.78, 5) is 16.3. The number of carbonyl (C=O) groups is 1. The number of hydrogen-bond donors (Lipinski definition) is 2. The molecule has 0 unspecified atom stereocenters. The maximum atomic E-state index is 12.1. The molecule has 6 nitrogen and oxygen atoms in total. The van der Waals surface area contributed by atoms with Crippen LogP contribution in [0.3, 0.4) is 0 Å². The summed E-state index contributed by atoms with van der Waals surface area (Å²) in [5.74, 6) is 5.33. The fourth-order valence-corrected chi connectivity index (χ4v) is 1.71. The Morgan fingerprint density at radius 3 is 2.95 bits per heavy atom. The lowest BCUT2D eigenvalue weighted by molar-refractivity contribution is 0.102. The molecule has 0 fully saturated rings. The van der Waals surface area contributed by atoms with Gasteiger partial charge in [0, 0.05) is 13.2 Å². The highest BCUT2D eigenvalue weighted by molar-refractivity contribution is 6.04. The van der Waals surface area contributed by atoms with Crippen LogP contribution in [-0.4, -0.2) is 32.4 Å². The van der Waals surface area contributed by atoms with Crippen LogP contribution >= 0.6 is 0 Å². The number of nitrogens with one attached hydrogen (secondary N) is 1. The zero-order valence-electron chi connectivity index (χ0n) is 11.2. The van der Waals surface area contributed by atoms with Crippen molar-refractivity contribution in [2.24, 2.45) is 7.05 Å². The molecule has 2 aromatic heterocycles. The number of aliphatic hydroxyl groups excluding tert-OH is 1. The van der Waals surface area contributed by atoms with Gasteiger partial charge < -0.3 is 10.4 Å². The highest BCUT2D eigenvalue weighted by atomic mass is 16.2. The van der Waals surface area contributed by atoms with Crippen molar-refractivity contribution in [1.29, 1.82) is 0 Å². The minimum absolute atomic E-state index is 0.229. The average molecular weight is 270 g/mol. The number of pyridine rings is 1. The third-order valence-electron chi connectivity index (χ3n) is 2.54. The molecule has 0 radical (unpaired) electrons. The van der Waals surface area contributed by atoms with Gasteiger partial charge in [0.2, 0.25) is 0 Å². The predicted molar refractivity (Wildman–Crippen MR) is 74.1 cm³/mol. The summed E-state index contributed by atoms with van der Waals surface area (Å²) >= 11 is 0. The fraction of sp³-hybridized carbons (Fsp3) is 0.214. The third-order valence-corrected chi connectivity index (χ3v) is 2.54. The number of rotatable bonds is 2. The molecule has 102 valence electrons. The van der Waals surface area contributed by atoms with Crippen LogP contribution in [0.25, 0.3) is 0 Å². The van der Waals surface area contributed by atoms with Crippen LogP contribution in [0, 0.1) is 18.8 Å². The van der Waals surface area contributed by atoms with Crippen LogP contribution in [0.4, 0.5) is 5.82 Å². The van der Waals surface area contributed by atoms with E-state index in [4.69, 9.17) is 5.11 Å². The number of aliphatic hydroxyl groups is 1. The molecule has 20 heavy (non-hydrogen) atoms. The summed E-state index contributed by atoms with van der Waals surface area (Å²) in [7, 11) is 1.76. The molecule has 2 aromatic rings. The molecule has 0 aliphatic carbocycles. The quantitative estimate of drug-likeness (QED) is 0.788. The molecular formula is C14H14N4O2. The molecule has 0 aromatic carbocycles. The average Bonchev–Trinajstić information content (AvgIpc) is 2.76. The topological polar surface area (TPSA) is 80.0 Å². The van der Waals surface area contributed by atoms with E-state index in [1.807, 2.05) is 0 Å². The summed E-state index contributed by atoms with van der Waals surface area (Å²) < 4.78 is 1.58. The molecule has 0 saturated carbocycles. The zero-order chi connectivity index (χ0) is 14.5. The van der Waals surface area contributed by atoms with Crippen LogP contribution in [0.15, 0.2) is 24.4 Å². The second-order valence-electron chi connectivity index (χ2n) is 4.12. The minimum Gasteiger partial charge on any atom is -0.384 e. The van der Waals surface area contributed by atoms with Crippen molar-refractivity contribution in [3.8, 4) is 11.8 Å². The summed E-state index contributed by atoms with van der Waals surface area (Å²) in [6.45, 7) is 1.54. The van der Waals surface area contributed by atoms with Crippen molar-refractivity contribution in [2.45, 2.75) is 6.92 Å². The van der Waals surface area contributed by atoms with Gasteiger partial charge >= 0.3 is 0 Å². The third kappa shape index (κ3) is 3.22. The molecule has 2 N–H and O–H groups in total. The van der Waals surface area contributed by atoms with Crippen molar-refractivity contribution in [3.05, 3.63) is 41.3 Å². The molecule has 0 saturated heterocycles. The standard InChI is InChI=1S/C14H14N4O2/c1-10-12(9-18(2)17-10)14(20)16-13-7-3-5-11(15-13)6-4-8-19/h3,5,7,9,19H,8H2,1-2H3,(H,15,16,20). The minimum atomic E-state index is -0.268. The SMILES string of the molecule is Cc1nn(C)cc1C(=O)Nc1cccc(C#CCO)n1. The smallest absolute Gasteiger partial charge is 0.260 e. The van der Waals surface area contributed by atoms with E-state index in [2.05, 4.69) is 27.2 Å². The van der Waals surface area contributed by atoms with Gasteiger partial charge in [-0.2, -0.15) is 5.10 Å². The van der Waals surface area contributed by atoms with Crippen LogP contribution in [0.1, 0.15) is 21.7 Å². The van der Waals surface area contributed by atoms with Gasteiger partial charge in [-0.25, -0.2) is 4.98 Å². The number of nitrogens with zero attached hydrogens (tertiary/aromatic N) is 3. The summed E-state index contributed by atoms with van der Waals surface area (Å²) in [6.07, 6.45) is 1.65. The Labute approximate surface area is 116 Å². The van der Waals surface area contributed by atoms with E-state index in [0.717, 1.165) is 0 Å². The molecule has 6 heteroatoms. The predicted octanol–water partition coefficient (Wildman–Crippen LogP) is 0.720. The first-order valence-corrected chi connectivity index (χ1v) is 5.98. The van der Waals surface area contributed by atoms with Gasteiger partial charge in [0.1, 0.15) is 18.1 Å². The molecular weight excluding hydrogens is 256 g/mol. The highest BCUT2D eigenvalue weighted by Crippen LogP contribution is 2.09. The number of hydrogen-bond acceptors (Lipinski definition) is 4. The van der Waals surface area contributed by atoms with Crippen molar-refractivity contribution >= 4 is 11.7 Å². The Bertz CT molecular complexity index is 695. The van der Waals surface area contributed by atoms with Gasteiger partial charge in [0.15, 0.2) is 0 Å². The maximum absolute atomic E-state index is 12.1. The molecule has 0 atom stereocenters. The molecule has 0 spiro atoms. The van der Waals surface area contributed by atoms with Crippen molar-refractivity contribution in [3.63, 3.8) is 0 Å². The van der Waals surface area contributed by atoms with E-state index in [1.165, 1.54) is 0 Å². The lowest BCUT2D eigenvalue weighted by Crippen LogP contribution is -2.13. The van der Waals surface area contributed by atoms with Gasteiger partial charge in [-0.3, -0.25) is 9.48 Å². The molecule has 0 aliphatic heterocycles. The molecule has 0 bridgehead atoms. The fourth-order valence-electron chi connectivity index (χ4n) is 1.71. The number of carbonyl (C=O) groups excluding carboxylic acids is 1. The van der Waals surface area contributed by atoms with Crippen molar-refractivity contribution in [1.82, 2.24) is 14.8 Å². The summed E-state index contributed by atoms with van der Waals surface area (Å²) in [5, 5.41) is 15.5. The van der Waals surface area contributed by atoms with Crippen LogP contribution in [0.5, 0.6) is 0 Å². The number of aromatic nitrogens is 3. The Morgan fingerprint density at radius 2 is 2.30 bits per heavy atom. The Hall–Kier alpha value is -2.65. The first-order chi connectivity index (χ1) is 9.60. The second kappa shape index (κ2) is 5.99. The lowest BCUT2D eigenvalue weighted by Gasteiger charge is -2.03. The summed E-state index contributed by atoms with van der Waals surface area (Å²) in [5.41, 5.74) is 1.64.